The molecule has 1 fully saturated rings. The molecule has 0 aromatic heterocycles. The van der Waals surface area contributed by atoms with E-state index in [0.717, 1.165) is 11.1 Å². The van der Waals surface area contributed by atoms with Crippen LogP contribution in [0.15, 0.2) is 66.2 Å². The number of hydrogen-bond donors (Lipinski definition) is 1. The molecule has 3 aromatic rings. The Labute approximate surface area is 201 Å². The van der Waals surface area contributed by atoms with E-state index in [0.29, 0.717) is 27.6 Å². The second-order valence-electron chi connectivity index (χ2n) is 7.86. The largest absolute Gasteiger partial charge is 0.507 e. The van der Waals surface area contributed by atoms with E-state index in [1.54, 1.807) is 37.4 Å². The Hall–Kier alpha value is -3.28. The first-order valence-electron chi connectivity index (χ1n) is 10.2. The first kappa shape index (κ1) is 22.9. The van der Waals surface area contributed by atoms with Gasteiger partial charge in [0.05, 0.1) is 28.8 Å². The molecule has 1 amide bonds. The van der Waals surface area contributed by atoms with Crippen molar-refractivity contribution in [2.75, 3.05) is 12.0 Å². The molecule has 0 bridgehead atoms. The molecule has 0 spiro atoms. The normalized spacial score (nSPS) is 17.5. The maximum Gasteiger partial charge on any atom is 0.300 e. The standard InChI is InChI=1S/C26H21Cl2NO4/c1-14-4-11-21(15(2)12-14)29-23(16-5-8-18(33-3)9-6-16)22(25(31)26(29)32)24(30)17-7-10-19(27)20(28)13-17/h4-13,23,30H,1-3H3/b24-22+. The number of methoxy groups -OCH3 is 1. The number of aliphatic hydroxyl groups is 1. The van der Waals surface area contributed by atoms with Crippen LogP contribution in [0, 0.1) is 13.8 Å². The molecule has 3 aromatic carbocycles. The molecule has 0 radical (unpaired) electrons. The minimum atomic E-state index is -0.841. The third-order valence-electron chi connectivity index (χ3n) is 5.68. The van der Waals surface area contributed by atoms with E-state index in [4.69, 9.17) is 27.9 Å². The van der Waals surface area contributed by atoms with Gasteiger partial charge in [-0.1, -0.05) is 53.0 Å². The molecule has 1 saturated heterocycles. The van der Waals surface area contributed by atoms with Gasteiger partial charge in [-0.3, -0.25) is 14.5 Å². The van der Waals surface area contributed by atoms with Crippen molar-refractivity contribution in [3.8, 4) is 5.75 Å². The summed E-state index contributed by atoms with van der Waals surface area (Å²) in [6.07, 6.45) is 0. The number of anilines is 1. The summed E-state index contributed by atoms with van der Waals surface area (Å²) >= 11 is 12.1. The van der Waals surface area contributed by atoms with Gasteiger partial charge in [-0.2, -0.15) is 0 Å². The van der Waals surface area contributed by atoms with Crippen LogP contribution in [0.3, 0.4) is 0 Å². The van der Waals surface area contributed by atoms with E-state index in [2.05, 4.69) is 0 Å². The van der Waals surface area contributed by atoms with E-state index in [1.165, 1.54) is 17.0 Å². The van der Waals surface area contributed by atoms with Crippen molar-refractivity contribution in [2.45, 2.75) is 19.9 Å². The first-order chi connectivity index (χ1) is 15.7. The van der Waals surface area contributed by atoms with Gasteiger partial charge in [0.25, 0.3) is 11.7 Å². The number of carbonyl (C=O) groups excluding carboxylic acids is 2. The topological polar surface area (TPSA) is 66.8 Å². The van der Waals surface area contributed by atoms with E-state index in [-0.39, 0.29) is 16.4 Å². The van der Waals surface area contributed by atoms with Crippen LogP contribution in [-0.2, 0) is 9.59 Å². The van der Waals surface area contributed by atoms with Crippen LogP contribution in [0.25, 0.3) is 5.76 Å². The fraction of sp³-hybridized carbons (Fsp3) is 0.154. The fourth-order valence-corrected chi connectivity index (χ4v) is 4.36. The van der Waals surface area contributed by atoms with Crippen LogP contribution in [0.1, 0.15) is 28.3 Å². The lowest BCUT2D eigenvalue weighted by Gasteiger charge is -2.27. The van der Waals surface area contributed by atoms with Crippen molar-refractivity contribution >= 4 is 46.3 Å². The van der Waals surface area contributed by atoms with Crippen LogP contribution in [0.2, 0.25) is 10.0 Å². The zero-order valence-electron chi connectivity index (χ0n) is 18.2. The minimum Gasteiger partial charge on any atom is -0.507 e. The molecule has 1 aliphatic rings. The van der Waals surface area contributed by atoms with Crippen molar-refractivity contribution < 1.29 is 19.4 Å². The monoisotopic (exact) mass is 481 g/mol. The molecule has 1 unspecified atom stereocenters. The van der Waals surface area contributed by atoms with Gasteiger partial charge in [0.2, 0.25) is 0 Å². The fourth-order valence-electron chi connectivity index (χ4n) is 4.06. The lowest BCUT2D eigenvalue weighted by Crippen LogP contribution is -2.30. The number of amides is 1. The number of aliphatic hydroxyl groups excluding tert-OH is 1. The summed E-state index contributed by atoms with van der Waals surface area (Å²) < 4.78 is 5.25. The average Bonchev–Trinajstić information content (AvgIpc) is 3.06. The van der Waals surface area contributed by atoms with Crippen molar-refractivity contribution in [1.82, 2.24) is 0 Å². The quantitative estimate of drug-likeness (QED) is 0.271. The zero-order valence-corrected chi connectivity index (χ0v) is 19.7. The predicted molar refractivity (Wildman–Crippen MR) is 130 cm³/mol. The van der Waals surface area contributed by atoms with Crippen molar-refractivity contribution in [1.29, 1.82) is 0 Å². The number of hydrogen-bond acceptors (Lipinski definition) is 4. The Morgan fingerprint density at radius 1 is 0.939 bits per heavy atom. The molecule has 4 rings (SSSR count). The minimum absolute atomic E-state index is 0.0245. The molecule has 1 heterocycles. The summed E-state index contributed by atoms with van der Waals surface area (Å²) in [5.41, 5.74) is 3.38. The number of nitrogens with zero attached hydrogens (tertiary/aromatic N) is 1. The second kappa shape index (κ2) is 8.93. The SMILES string of the molecule is COc1ccc(C2/C(=C(\O)c3ccc(Cl)c(Cl)c3)C(=O)C(=O)N2c2ccc(C)cc2C)cc1. The number of rotatable bonds is 4. The Kier molecular flexibility index (Phi) is 6.19. The van der Waals surface area contributed by atoms with E-state index in [9.17, 15) is 14.7 Å². The molecule has 0 saturated carbocycles. The summed E-state index contributed by atoms with van der Waals surface area (Å²) in [6, 6.07) is 16.4. The van der Waals surface area contributed by atoms with Gasteiger partial charge >= 0.3 is 0 Å². The predicted octanol–water partition coefficient (Wildman–Crippen LogP) is 6.25. The maximum absolute atomic E-state index is 13.3. The zero-order chi connectivity index (χ0) is 23.9. The molecular weight excluding hydrogens is 461 g/mol. The average molecular weight is 482 g/mol. The molecule has 33 heavy (non-hydrogen) atoms. The van der Waals surface area contributed by atoms with Gasteiger partial charge < -0.3 is 9.84 Å². The van der Waals surface area contributed by atoms with Gasteiger partial charge in [0.1, 0.15) is 11.5 Å². The van der Waals surface area contributed by atoms with Gasteiger partial charge in [0, 0.05) is 11.3 Å². The summed E-state index contributed by atoms with van der Waals surface area (Å²) in [5.74, 6) is -1.18. The van der Waals surface area contributed by atoms with Crippen LogP contribution >= 0.6 is 23.2 Å². The maximum atomic E-state index is 13.3. The number of ether oxygens (including phenoxy) is 1. The summed E-state index contributed by atoms with van der Waals surface area (Å²) in [7, 11) is 1.56. The molecule has 0 aliphatic carbocycles. The number of aryl methyl sites for hydroxylation is 2. The van der Waals surface area contributed by atoms with Crippen LogP contribution in [0.4, 0.5) is 5.69 Å². The summed E-state index contributed by atoms with van der Waals surface area (Å²) in [5, 5.41) is 11.7. The highest BCUT2D eigenvalue weighted by atomic mass is 35.5. The summed E-state index contributed by atoms with van der Waals surface area (Å²) in [6.45, 7) is 3.84. The van der Waals surface area contributed by atoms with Crippen molar-refractivity contribution in [3.63, 3.8) is 0 Å². The first-order valence-corrected chi connectivity index (χ1v) is 11.0. The van der Waals surface area contributed by atoms with Crippen molar-refractivity contribution in [2.24, 2.45) is 0 Å². The summed E-state index contributed by atoms with van der Waals surface area (Å²) in [4.78, 5) is 28.0. The van der Waals surface area contributed by atoms with Crippen molar-refractivity contribution in [3.05, 3.63) is 98.5 Å². The third-order valence-corrected chi connectivity index (χ3v) is 6.42. The van der Waals surface area contributed by atoms with E-state index >= 15 is 0 Å². The molecule has 5 nitrogen and oxygen atoms in total. The highest BCUT2D eigenvalue weighted by Crippen LogP contribution is 2.43. The number of halogens is 2. The molecule has 168 valence electrons. The van der Waals surface area contributed by atoms with E-state index < -0.39 is 17.7 Å². The lowest BCUT2D eigenvalue weighted by molar-refractivity contribution is -0.132. The third kappa shape index (κ3) is 4.10. The molecule has 1 N–H and O–H groups in total. The Morgan fingerprint density at radius 3 is 2.24 bits per heavy atom. The Balaban J connectivity index is 1.96. The smallest absolute Gasteiger partial charge is 0.300 e. The number of Topliss-reactive ketones (excluding diaryl/α,β-unsaturated/α-hetero) is 1. The van der Waals surface area contributed by atoms with E-state index in [1.807, 2.05) is 32.0 Å². The number of carbonyl (C=O) groups is 2. The molecular formula is C26H21Cl2NO4. The van der Waals surface area contributed by atoms with Gasteiger partial charge in [-0.05, 0) is 61.4 Å². The Morgan fingerprint density at radius 2 is 1.64 bits per heavy atom. The Bertz CT molecular complexity index is 1300. The lowest BCUT2D eigenvalue weighted by atomic mass is 9.94. The van der Waals surface area contributed by atoms with Crippen LogP contribution < -0.4 is 9.64 Å². The molecule has 1 aliphatic heterocycles. The second-order valence-corrected chi connectivity index (χ2v) is 8.68. The number of ketones is 1. The van der Waals surface area contributed by atoms with Gasteiger partial charge in [-0.25, -0.2) is 0 Å². The van der Waals surface area contributed by atoms with Crippen LogP contribution in [0.5, 0.6) is 5.75 Å². The van der Waals surface area contributed by atoms with Crippen LogP contribution in [-0.4, -0.2) is 23.9 Å². The van der Waals surface area contributed by atoms with Gasteiger partial charge in [-0.15, -0.1) is 0 Å². The highest BCUT2D eigenvalue weighted by Gasteiger charge is 2.47. The molecule has 1 atom stereocenters. The van der Waals surface area contributed by atoms with Gasteiger partial charge in [0.15, 0.2) is 0 Å². The highest BCUT2D eigenvalue weighted by molar-refractivity contribution is 6.52. The number of benzene rings is 3. The molecule has 7 heteroatoms.